The molecule has 0 spiro atoms. The highest BCUT2D eigenvalue weighted by molar-refractivity contribution is 5.92. The normalized spacial score (nSPS) is 24.0. The second-order valence-electron chi connectivity index (χ2n) is 7.05. The number of hydrogen-bond donors (Lipinski definition) is 3. The molecule has 1 aromatic rings. The lowest BCUT2D eigenvalue weighted by Crippen LogP contribution is -2.46. The Morgan fingerprint density at radius 3 is 2.76 bits per heavy atom. The van der Waals surface area contributed by atoms with Gasteiger partial charge in [-0.15, -0.1) is 0 Å². The minimum absolute atomic E-state index is 0.0173. The molecule has 136 valence electrons. The van der Waals surface area contributed by atoms with Crippen LogP contribution in [0.15, 0.2) is 30.3 Å². The van der Waals surface area contributed by atoms with Gasteiger partial charge in [0.15, 0.2) is 0 Å². The Bertz CT molecular complexity index is 572. The van der Waals surface area contributed by atoms with Crippen LogP contribution >= 0.6 is 0 Å². The first-order valence-corrected chi connectivity index (χ1v) is 9.29. The summed E-state index contributed by atoms with van der Waals surface area (Å²) in [5.41, 5.74) is 0.831. The smallest absolute Gasteiger partial charge is 0.238 e. The molecule has 6 heteroatoms. The lowest BCUT2D eigenvalue weighted by atomic mass is 9.98. The van der Waals surface area contributed by atoms with Gasteiger partial charge in [-0.2, -0.15) is 0 Å². The van der Waals surface area contributed by atoms with Crippen molar-refractivity contribution in [3.8, 4) is 0 Å². The molecule has 2 fully saturated rings. The van der Waals surface area contributed by atoms with Gasteiger partial charge in [0.25, 0.3) is 0 Å². The van der Waals surface area contributed by atoms with Crippen molar-refractivity contribution in [3.63, 3.8) is 0 Å². The maximum Gasteiger partial charge on any atom is 0.238 e. The molecule has 2 heterocycles. The average Bonchev–Trinajstić information content (AvgIpc) is 3.15. The highest BCUT2D eigenvalue weighted by Gasteiger charge is 2.25. The summed E-state index contributed by atoms with van der Waals surface area (Å²) < 4.78 is 0. The Kier molecular flexibility index (Phi) is 6.42. The van der Waals surface area contributed by atoms with Gasteiger partial charge in [-0.3, -0.25) is 14.5 Å². The van der Waals surface area contributed by atoms with Crippen LogP contribution in [0.5, 0.6) is 0 Å². The van der Waals surface area contributed by atoms with Crippen LogP contribution in [0.3, 0.4) is 0 Å². The van der Waals surface area contributed by atoms with E-state index in [4.69, 9.17) is 0 Å². The highest BCUT2D eigenvalue weighted by atomic mass is 16.2. The average molecular weight is 344 g/mol. The molecule has 2 amide bonds. The summed E-state index contributed by atoms with van der Waals surface area (Å²) in [5.74, 6) is 0.561. The molecule has 0 radical (unpaired) electrons. The maximum absolute atomic E-state index is 12.2. The third-order valence-corrected chi connectivity index (χ3v) is 4.97. The minimum Gasteiger partial charge on any atom is -0.354 e. The van der Waals surface area contributed by atoms with Gasteiger partial charge in [0, 0.05) is 18.8 Å². The van der Waals surface area contributed by atoms with E-state index in [0.29, 0.717) is 19.0 Å². The van der Waals surface area contributed by atoms with Crippen molar-refractivity contribution in [2.75, 3.05) is 38.0 Å². The van der Waals surface area contributed by atoms with Crippen molar-refractivity contribution in [1.82, 2.24) is 15.5 Å². The van der Waals surface area contributed by atoms with Gasteiger partial charge in [0.2, 0.25) is 11.8 Å². The van der Waals surface area contributed by atoms with E-state index in [9.17, 15) is 9.59 Å². The van der Waals surface area contributed by atoms with Gasteiger partial charge in [-0.25, -0.2) is 0 Å². The summed E-state index contributed by atoms with van der Waals surface area (Å²) in [6.45, 7) is 3.85. The number of benzene rings is 1. The zero-order chi connectivity index (χ0) is 17.5. The van der Waals surface area contributed by atoms with E-state index >= 15 is 0 Å². The van der Waals surface area contributed by atoms with Crippen LogP contribution in [0.4, 0.5) is 5.69 Å². The maximum atomic E-state index is 12.2. The lowest BCUT2D eigenvalue weighted by molar-refractivity contribution is -0.123. The molecular formula is C19H28N4O2. The van der Waals surface area contributed by atoms with Crippen LogP contribution in [0.25, 0.3) is 0 Å². The molecule has 0 saturated carbocycles. The summed E-state index contributed by atoms with van der Waals surface area (Å²) in [6.07, 6.45) is 4.18. The quantitative estimate of drug-likeness (QED) is 0.725. The first-order chi connectivity index (χ1) is 12.2. The standard InChI is InChI=1S/C19H28N4O2/c24-18(22-16-7-2-1-3-8-16)14-23-11-5-6-15(13-23)12-21-19(25)17-9-4-10-20-17/h1-3,7-8,15,17,20H,4-6,9-14H2,(H,21,25)(H,22,24). The topological polar surface area (TPSA) is 73.5 Å². The number of hydrogen-bond acceptors (Lipinski definition) is 4. The number of likely N-dealkylation sites (tertiary alicyclic amines) is 1. The molecule has 0 bridgehead atoms. The molecule has 0 aromatic heterocycles. The number of piperidine rings is 1. The number of carbonyl (C=O) groups excluding carboxylic acids is 2. The van der Waals surface area contributed by atoms with E-state index in [1.165, 1.54) is 0 Å². The van der Waals surface area contributed by atoms with Crippen LogP contribution in [0.1, 0.15) is 25.7 Å². The molecule has 6 nitrogen and oxygen atoms in total. The number of nitrogens with zero attached hydrogens (tertiary/aromatic N) is 1. The second-order valence-corrected chi connectivity index (χ2v) is 7.05. The van der Waals surface area contributed by atoms with Gasteiger partial charge < -0.3 is 16.0 Å². The molecule has 2 unspecified atom stereocenters. The molecular weight excluding hydrogens is 316 g/mol. The molecule has 2 atom stereocenters. The molecule has 25 heavy (non-hydrogen) atoms. The fourth-order valence-electron chi connectivity index (χ4n) is 3.66. The highest BCUT2D eigenvalue weighted by Crippen LogP contribution is 2.16. The van der Waals surface area contributed by atoms with E-state index in [0.717, 1.165) is 51.0 Å². The van der Waals surface area contributed by atoms with Gasteiger partial charge >= 0.3 is 0 Å². The fourth-order valence-corrected chi connectivity index (χ4v) is 3.66. The number of anilines is 1. The SMILES string of the molecule is O=C(CN1CCCC(CNC(=O)C2CCCN2)C1)Nc1ccccc1. The number of rotatable bonds is 6. The summed E-state index contributed by atoms with van der Waals surface area (Å²) in [6, 6.07) is 9.52. The van der Waals surface area contributed by atoms with Crippen molar-refractivity contribution < 1.29 is 9.59 Å². The fraction of sp³-hybridized carbons (Fsp3) is 0.579. The summed E-state index contributed by atoms with van der Waals surface area (Å²) in [4.78, 5) is 26.5. The number of para-hydroxylation sites is 1. The molecule has 3 N–H and O–H groups in total. The molecule has 3 rings (SSSR count). The number of carbonyl (C=O) groups is 2. The van der Waals surface area contributed by atoms with E-state index in [1.54, 1.807) is 0 Å². The second kappa shape index (κ2) is 8.97. The Labute approximate surface area is 149 Å². The molecule has 2 aliphatic heterocycles. The van der Waals surface area contributed by atoms with E-state index in [1.807, 2.05) is 30.3 Å². The van der Waals surface area contributed by atoms with Crippen molar-refractivity contribution in [1.29, 1.82) is 0 Å². The van der Waals surface area contributed by atoms with E-state index in [2.05, 4.69) is 20.9 Å². The Morgan fingerprint density at radius 2 is 2.00 bits per heavy atom. The van der Waals surface area contributed by atoms with Crippen LogP contribution in [0.2, 0.25) is 0 Å². The van der Waals surface area contributed by atoms with Gasteiger partial charge in [0.05, 0.1) is 12.6 Å². The third-order valence-electron chi connectivity index (χ3n) is 4.97. The third kappa shape index (κ3) is 5.54. The van der Waals surface area contributed by atoms with Crippen LogP contribution < -0.4 is 16.0 Å². The van der Waals surface area contributed by atoms with Crippen LogP contribution in [-0.2, 0) is 9.59 Å². The van der Waals surface area contributed by atoms with Crippen molar-refractivity contribution in [2.45, 2.75) is 31.7 Å². The van der Waals surface area contributed by atoms with Crippen molar-refractivity contribution in [3.05, 3.63) is 30.3 Å². The molecule has 2 aliphatic rings. The Balaban J connectivity index is 1.40. The zero-order valence-electron chi connectivity index (χ0n) is 14.7. The Morgan fingerprint density at radius 1 is 1.16 bits per heavy atom. The van der Waals surface area contributed by atoms with Crippen LogP contribution in [-0.4, -0.2) is 55.5 Å². The van der Waals surface area contributed by atoms with Gasteiger partial charge in [0.1, 0.15) is 0 Å². The number of amides is 2. The summed E-state index contributed by atoms with van der Waals surface area (Å²) in [7, 11) is 0. The lowest BCUT2D eigenvalue weighted by Gasteiger charge is -2.32. The van der Waals surface area contributed by atoms with Gasteiger partial charge in [-0.1, -0.05) is 18.2 Å². The largest absolute Gasteiger partial charge is 0.354 e. The minimum atomic E-state index is -0.0173. The van der Waals surface area contributed by atoms with Gasteiger partial charge in [-0.05, 0) is 56.8 Å². The Hall–Kier alpha value is -1.92. The summed E-state index contributed by atoms with van der Waals surface area (Å²) >= 11 is 0. The first kappa shape index (κ1) is 17.9. The molecule has 2 saturated heterocycles. The van der Waals surface area contributed by atoms with Crippen LogP contribution in [0, 0.1) is 5.92 Å². The number of nitrogens with one attached hydrogen (secondary N) is 3. The zero-order valence-corrected chi connectivity index (χ0v) is 14.7. The van der Waals surface area contributed by atoms with Crippen molar-refractivity contribution >= 4 is 17.5 Å². The first-order valence-electron chi connectivity index (χ1n) is 9.29. The predicted octanol–water partition coefficient (Wildman–Crippen LogP) is 1.21. The molecule has 1 aromatic carbocycles. The van der Waals surface area contributed by atoms with Crippen molar-refractivity contribution in [2.24, 2.45) is 5.92 Å². The summed E-state index contributed by atoms with van der Waals surface area (Å²) in [5, 5.41) is 9.24. The van der Waals surface area contributed by atoms with E-state index < -0.39 is 0 Å². The monoisotopic (exact) mass is 344 g/mol. The van der Waals surface area contributed by atoms with E-state index in [-0.39, 0.29) is 17.9 Å². The molecule has 0 aliphatic carbocycles. The predicted molar refractivity (Wildman–Crippen MR) is 98.3 cm³/mol.